The van der Waals surface area contributed by atoms with Crippen molar-refractivity contribution in [2.45, 2.75) is 19.3 Å². The summed E-state index contributed by atoms with van der Waals surface area (Å²) in [7, 11) is 0. The van der Waals surface area contributed by atoms with Gasteiger partial charge in [0.05, 0.1) is 5.92 Å². The van der Waals surface area contributed by atoms with Gasteiger partial charge in [0.2, 0.25) is 0 Å². The molecule has 1 amide bonds. The molecule has 0 spiro atoms. The van der Waals surface area contributed by atoms with E-state index in [4.69, 9.17) is 4.74 Å². The molecule has 0 fully saturated rings. The lowest BCUT2D eigenvalue weighted by atomic mass is 9.97. The molecular weight excluding hydrogens is 278 g/mol. The third kappa shape index (κ3) is 4.45. The van der Waals surface area contributed by atoms with Crippen LogP contribution in [0.2, 0.25) is 0 Å². The van der Waals surface area contributed by atoms with Gasteiger partial charge in [-0.25, -0.2) is 0 Å². The lowest BCUT2D eigenvalue weighted by Gasteiger charge is -2.14. The van der Waals surface area contributed by atoms with Crippen LogP contribution in [0.5, 0.6) is 0 Å². The first-order chi connectivity index (χ1) is 10.7. The van der Waals surface area contributed by atoms with Crippen LogP contribution in [0, 0.1) is 0 Å². The van der Waals surface area contributed by atoms with Crippen LogP contribution in [0.1, 0.15) is 24.8 Å². The van der Waals surface area contributed by atoms with Crippen molar-refractivity contribution in [1.29, 1.82) is 0 Å². The highest BCUT2D eigenvalue weighted by Gasteiger charge is 2.20. The average molecular weight is 297 g/mol. The van der Waals surface area contributed by atoms with Crippen LogP contribution >= 0.6 is 0 Å². The molecule has 1 N–H and O–H groups in total. The van der Waals surface area contributed by atoms with E-state index in [-0.39, 0.29) is 24.4 Å². The number of benzene rings is 2. The maximum atomic E-state index is 12.1. The Bertz CT molecular complexity index is 611. The van der Waals surface area contributed by atoms with Crippen molar-refractivity contribution in [3.8, 4) is 0 Å². The summed E-state index contributed by atoms with van der Waals surface area (Å²) in [5, 5.41) is 2.68. The minimum atomic E-state index is -0.378. The number of nitrogens with one attached hydrogen (secondary N) is 1. The Balaban J connectivity index is 1.87. The van der Waals surface area contributed by atoms with E-state index >= 15 is 0 Å². The number of amides is 1. The van der Waals surface area contributed by atoms with Gasteiger partial charge in [0.25, 0.3) is 5.91 Å². The van der Waals surface area contributed by atoms with Gasteiger partial charge in [-0.2, -0.15) is 0 Å². The zero-order valence-corrected chi connectivity index (χ0v) is 12.5. The largest absolute Gasteiger partial charge is 0.455 e. The van der Waals surface area contributed by atoms with E-state index in [0.29, 0.717) is 12.1 Å². The third-order valence-corrected chi connectivity index (χ3v) is 3.30. The quantitative estimate of drug-likeness (QED) is 0.832. The van der Waals surface area contributed by atoms with Crippen LogP contribution in [0.3, 0.4) is 0 Å². The molecule has 4 heteroatoms. The maximum absolute atomic E-state index is 12.1. The fourth-order valence-electron chi connectivity index (χ4n) is 2.18. The second-order valence-corrected chi connectivity index (χ2v) is 4.89. The first-order valence-corrected chi connectivity index (χ1v) is 7.27. The fraction of sp³-hybridized carbons (Fsp3) is 0.222. The standard InChI is InChI=1S/C18H19NO3/c1-2-16(14-9-5-3-6-10-14)18(21)22-13-17(20)19-15-11-7-4-8-12-15/h3-12,16H,2,13H2,1H3,(H,19,20)/t16-/m0/s1. The minimum Gasteiger partial charge on any atom is -0.455 e. The van der Waals surface area contributed by atoms with E-state index in [0.717, 1.165) is 5.56 Å². The van der Waals surface area contributed by atoms with Gasteiger partial charge in [0, 0.05) is 5.69 Å². The molecule has 0 heterocycles. The van der Waals surface area contributed by atoms with Gasteiger partial charge in [-0.3, -0.25) is 9.59 Å². The van der Waals surface area contributed by atoms with Gasteiger partial charge in [0.1, 0.15) is 0 Å². The van der Waals surface area contributed by atoms with Crippen molar-refractivity contribution in [2.24, 2.45) is 0 Å². The predicted octanol–water partition coefficient (Wildman–Crippen LogP) is 3.36. The monoisotopic (exact) mass is 297 g/mol. The number of carbonyl (C=O) groups is 2. The number of carbonyl (C=O) groups excluding carboxylic acids is 2. The molecule has 0 saturated carbocycles. The Morgan fingerprint density at radius 2 is 1.59 bits per heavy atom. The molecule has 0 aliphatic heterocycles. The summed E-state index contributed by atoms with van der Waals surface area (Å²) >= 11 is 0. The first kappa shape index (κ1) is 15.8. The van der Waals surface area contributed by atoms with Gasteiger partial charge in [0.15, 0.2) is 6.61 Å². The van der Waals surface area contributed by atoms with Crippen molar-refractivity contribution in [1.82, 2.24) is 0 Å². The zero-order chi connectivity index (χ0) is 15.8. The number of anilines is 1. The van der Waals surface area contributed by atoms with Crippen molar-refractivity contribution < 1.29 is 14.3 Å². The Kier molecular flexibility index (Phi) is 5.72. The zero-order valence-electron chi connectivity index (χ0n) is 12.5. The molecular formula is C18H19NO3. The summed E-state index contributed by atoms with van der Waals surface area (Å²) in [4.78, 5) is 23.9. The van der Waals surface area contributed by atoms with Crippen molar-refractivity contribution in [2.75, 3.05) is 11.9 Å². The topological polar surface area (TPSA) is 55.4 Å². The molecule has 0 unspecified atom stereocenters. The number of hydrogen-bond donors (Lipinski definition) is 1. The predicted molar refractivity (Wildman–Crippen MR) is 85.5 cm³/mol. The van der Waals surface area contributed by atoms with E-state index in [1.807, 2.05) is 55.5 Å². The molecule has 2 aromatic rings. The van der Waals surface area contributed by atoms with E-state index < -0.39 is 0 Å². The van der Waals surface area contributed by atoms with Crippen LogP contribution in [-0.2, 0) is 14.3 Å². The van der Waals surface area contributed by atoms with Crippen LogP contribution in [0.4, 0.5) is 5.69 Å². The molecule has 2 aromatic carbocycles. The molecule has 0 saturated heterocycles. The molecule has 4 nitrogen and oxygen atoms in total. The highest BCUT2D eigenvalue weighted by molar-refractivity contribution is 5.93. The van der Waals surface area contributed by atoms with E-state index in [2.05, 4.69) is 5.32 Å². The highest BCUT2D eigenvalue weighted by atomic mass is 16.5. The Labute approximate surface area is 130 Å². The molecule has 1 atom stereocenters. The second kappa shape index (κ2) is 7.98. The average Bonchev–Trinajstić information content (AvgIpc) is 2.55. The van der Waals surface area contributed by atoms with Crippen LogP contribution in [0.15, 0.2) is 60.7 Å². The lowest BCUT2D eigenvalue weighted by molar-refractivity contribution is -0.149. The van der Waals surface area contributed by atoms with E-state index in [9.17, 15) is 9.59 Å². The molecule has 0 aliphatic rings. The molecule has 0 aliphatic carbocycles. The van der Waals surface area contributed by atoms with Gasteiger partial charge >= 0.3 is 5.97 Å². The summed E-state index contributed by atoms with van der Waals surface area (Å²) < 4.78 is 5.13. The number of para-hydroxylation sites is 1. The SMILES string of the molecule is CC[C@H](C(=O)OCC(=O)Nc1ccccc1)c1ccccc1. The normalized spacial score (nSPS) is 11.5. The molecule has 2 rings (SSSR count). The Morgan fingerprint density at radius 3 is 2.18 bits per heavy atom. The number of rotatable bonds is 6. The second-order valence-electron chi connectivity index (χ2n) is 4.89. The van der Waals surface area contributed by atoms with Crippen LogP contribution < -0.4 is 5.32 Å². The van der Waals surface area contributed by atoms with Crippen molar-refractivity contribution in [3.05, 3.63) is 66.2 Å². The molecule has 0 bridgehead atoms. The first-order valence-electron chi connectivity index (χ1n) is 7.27. The maximum Gasteiger partial charge on any atom is 0.313 e. The van der Waals surface area contributed by atoms with Gasteiger partial charge in [-0.05, 0) is 24.1 Å². The Morgan fingerprint density at radius 1 is 1.00 bits per heavy atom. The minimum absolute atomic E-state index is 0.281. The summed E-state index contributed by atoms with van der Waals surface area (Å²) in [5.41, 5.74) is 1.58. The molecule has 114 valence electrons. The van der Waals surface area contributed by atoms with Crippen molar-refractivity contribution >= 4 is 17.6 Å². The number of esters is 1. The van der Waals surface area contributed by atoms with E-state index in [1.165, 1.54) is 0 Å². The Hall–Kier alpha value is -2.62. The molecule has 0 radical (unpaired) electrons. The summed E-state index contributed by atoms with van der Waals surface area (Å²) in [6.45, 7) is 1.64. The number of hydrogen-bond acceptors (Lipinski definition) is 3. The van der Waals surface area contributed by atoms with E-state index in [1.54, 1.807) is 12.1 Å². The van der Waals surface area contributed by atoms with Gasteiger partial charge in [-0.1, -0.05) is 55.5 Å². The number of ether oxygens (including phenoxy) is 1. The van der Waals surface area contributed by atoms with Crippen LogP contribution in [-0.4, -0.2) is 18.5 Å². The third-order valence-electron chi connectivity index (χ3n) is 3.30. The van der Waals surface area contributed by atoms with Crippen molar-refractivity contribution in [3.63, 3.8) is 0 Å². The lowest BCUT2D eigenvalue weighted by Crippen LogP contribution is -2.23. The molecule has 22 heavy (non-hydrogen) atoms. The van der Waals surface area contributed by atoms with Crippen LogP contribution in [0.25, 0.3) is 0 Å². The fourth-order valence-corrected chi connectivity index (χ4v) is 2.18. The smallest absolute Gasteiger partial charge is 0.313 e. The summed E-state index contributed by atoms with van der Waals surface area (Å²) in [6.07, 6.45) is 0.628. The van der Waals surface area contributed by atoms with Gasteiger partial charge < -0.3 is 10.1 Å². The molecule has 0 aromatic heterocycles. The summed E-state index contributed by atoms with van der Waals surface area (Å²) in [5.74, 6) is -1.06. The van der Waals surface area contributed by atoms with Gasteiger partial charge in [-0.15, -0.1) is 0 Å². The highest BCUT2D eigenvalue weighted by Crippen LogP contribution is 2.20. The summed E-state index contributed by atoms with van der Waals surface area (Å²) in [6, 6.07) is 18.5.